The van der Waals surface area contributed by atoms with Crippen LogP contribution in [0, 0.1) is 6.92 Å². The number of ketones is 1. The molecule has 0 radical (unpaired) electrons. The fourth-order valence-corrected chi connectivity index (χ4v) is 4.84. The normalized spacial score (nSPS) is 25.4. The molecule has 1 saturated heterocycles. The Morgan fingerprint density at radius 2 is 1.84 bits per heavy atom. The number of rotatable bonds is 7. The van der Waals surface area contributed by atoms with Gasteiger partial charge in [0.15, 0.2) is 5.78 Å². The summed E-state index contributed by atoms with van der Waals surface area (Å²) >= 11 is 6.01. The van der Waals surface area contributed by atoms with Crippen LogP contribution in [0.1, 0.15) is 43.2 Å². The van der Waals surface area contributed by atoms with E-state index >= 15 is 0 Å². The van der Waals surface area contributed by atoms with Crippen LogP contribution in [-0.4, -0.2) is 43.2 Å². The van der Waals surface area contributed by atoms with Gasteiger partial charge in [-0.25, -0.2) is 0 Å². The van der Waals surface area contributed by atoms with E-state index in [1.807, 2.05) is 56.3 Å². The molecule has 2 aliphatic rings. The highest BCUT2D eigenvalue weighted by Crippen LogP contribution is 2.42. The largest absolute Gasteiger partial charge is 0.379 e. The fourth-order valence-electron chi connectivity index (χ4n) is 4.72. The first kappa shape index (κ1) is 22.0. The summed E-state index contributed by atoms with van der Waals surface area (Å²) in [6.45, 7) is 5.59. The molecular formula is C25H28ClNO4. The summed E-state index contributed by atoms with van der Waals surface area (Å²) in [5.74, 6) is -1.03. The van der Waals surface area contributed by atoms with Crippen LogP contribution >= 0.6 is 11.6 Å². The molecule has 2 fully saturated rings. The third-order valence-electron chi connectivity index (χ3n) is 6.38. The molecule has 2 aromatic rings. The van der Waals surface area contributed by atoms with E-state index in [0.29, 0.717) is 37.7 Å². The molecule has 0 aromatic heterocycles. The van der Waals surface area contributed by atoms with E-state index in [-0.39, 0.29) is 17.8 Å². The molecule has 3 atom stereocenters. The summed E-state index contributed by atoms with van der Waals surface area (Å²) in [6, 6.07) is 13.5. The van der Waals surface area contributed by atoms with Crippen molar-refractivity contribution in [2.24, 2.45) is 0 Å². The highest BCUT2D eigenvalue weighted by molar-refractivity contribution is 6.30. The Hall–Kier alpha value is -2.21. The summed E-state index contributed by atoms with van der Waals surface area (Å²) in [4.78, 5) is 26.5. The number of amides is 1. The molecule has 1 heterocycles. The minimum atomic E-state index is -0.819. The Labute approximate surface area is 188 Å². The fraction of sp³-hybridized carbons (Fsp3) is 0.440. The van der Waals surface area contributed by atoms with Gasteiger partial charge in [-0.15, -0.1) is 0 Å². The molecule has 1 aliphatic heterocycles. The zero-order valence-electron chi connectivity index (χ0n) is 17.9. The van der Waals surface area contributed by atoms with Crippen molar-refractivity contribution in [3.63, 3.8) is 0 Å². The third kappa shape index (κ3) is 4.40. The number of ether oxygens (including phenoxy) is 2. The van der Waals surface area contributed by atoms with Gasteiger partial charge in [-0.1, -0.05) is 35.9 Å². The van der Waals surface area contributed by atoms with Gasteiger partial charge in [0.05, 0.1) is 19.3 Å². The van der Waals surface area contributed by atoms with Crippen LogP contribution in [0.2, 0.25) is 5.02 Å². The second kappa shape index (κ2) is 9.11. The van der Waals surface area contributed by atoms with Gasteiger partial charge < -0.3 is 14.8 Å². The second-order valence-corrected chi connectivity index (χ2v) is 8.82. The molecule has 1 unspecified atom stereocenters. The summed E-state index contributed by atoms with van der Waals surface area (Å²) in [5.41, 5.74) is 2.84. The van der Waals surface area contributed by atoms with Crippen molar-refractivity contribution in [3.8, 4) is 11.1 Å². The van der Waals surface area contributed by atoms with E-state index < -0.39 is 11.5 Å². The van der Waals surface area contributed by atoms with E-state index in [1.165, 1.54) is 0 Å². The first-order chi connectivity index (χ1) is 14.9. The van der Waals surface area contributed by atoms with Gasteiger partial charge in [-0.2, -0.15) is 0 Å². The lowest BCUT2D eigenvalue weighted by atomic mass is 9.83. The topological polar surface area (TPSA) is 64.6 Å². The number of nitrogens with one attached hydrogen (secondary N) is 1. The molecule has 0 bridgehead atoms. The number of hydrogen-bond donors (Lipinski definition) is 1. The van der Waals surface area contributed by atoms with Gasteiger partial charge in [0.25, 0.3) is 0 Å². The Kier molecular flexibility index (Phi) is 6.47. The van der Waals surface area contributed by atoms with Crippen LogP contribution in [-0.2, 0) is 19.1 Å². The van der Waals surface area contributed by atoms with E-state index in [1.54, 1.807) is 0 Å². The quantitative estimate of drug-likeness (QED) is 0.509. The van der Waals surface area contributed by atoms with E-state index in [0.717, 1.165) is 28.7 Å². The van der Waals surface area contributed by atoms with Crippen LogP contribution in [0.15, 0.2) is 42.5 Å². The van der Waals surface area contributed by atoms with Crippen LogP contribution in [0.25, 0.3) is 11.1 Å². The number of carbonyl (C=O) groups is 2. The molecule has 1 aliphatic carbocycles. The zero-order chi connectivity index (χ0) is 22.0. The van der Waals surface area contributed by atoms with Crippen LogP contribution in [0.3, 0.4) is 0 Å². The summed E-state index contributed by atoms with van der Waals surface area (Å²) in [6.07, 6.45) is 1.86. The minimum absolute atomic E-state index is 0.0371. The minimum Gasteiger partial charge on any atom is -0.379 e. The lowest BCUT2D eigenvalue weighted by molar-refractivity contribution is -0.125. The highest BCUT2D eigenvalue weighted by atomic mass is 35.5. The molecule has 31 heavy (non-hydrogen) atoms. The van der Waals surface area contributed by atoms with Crippen molar-refractivity contribution >= 4 is 23.3 Å². The molecule has 1 N–H and O–H groups in total. The van der Waals surface area contributed by atoms with Gasteiger partial charge in [0, 0.05) is 18.1 Å². The van der Waals surface area contributed by atoms with E-state index in [9.17, 15) is 9.59 Å². The molecule has 6 heteroatoms. The second-order valence-electron chi connectivity index (χ2n) is 8.38. The Morgan fingerprint density at radius 3 is 2.58 bits per heavy atom. The predicted octanol–water partition coefficient (Wildman–Crippen LogP) is 4.44. The summed E-state index contributed by atoms with van der Waals surface area (Å²) in [5, 5.41) is 3.71. The number of aryl methyl sites for hydroxylation is 1. The van der Waals surface area contributed by atoms with Crippen molar-refractivity contribution in [1.29, 1.82) is 0 Å². The van der Waals surface area contributed by atoms with Gasteiger partial charge in [0.1, 0.15) is 11.5 Å². The van der Waals surface area contributed by atoms with E-state index in [2.05, 4.69) is 5.32 Å². The standard InChI is InChI=1S/C25H28ClNO4/c1-3-30-12-13-31-20-10-11-25(15-20)23(28)22(24(29)27-25)21-14-18(5-4-16(21)2)17-6-8-19(26)9-7-17/h4-9,14,20,22H,3,10-13,15H2,1-2H3,(H,27,29)/t20-,22?,25+/m1/s1. The van der Waals surface area contributed by atoms with Gasteiger partial charge in [-0.3, -0.25) is 9.59 Å². The van der Waals surface area contributed by atoms with E-state index in [4.69, 9.17) is 21.1 Å². The van der Waals surface area contributed by atoms with Crippen molar-refractivity contribution in [2.45, 2.75) is 50.7 Å². The van der Waals surface area contributed by atoms with Crippen molar-refractivity contribution in [1.82, 2.24) is 5.32 Å². The predicted molar refractivity (Wildman–Crippen MR) is 120 cm³/mol. The number of carbonyl (C=O) groups excluding carboxylic acids is 2. The Bertz CT molecular complexity index is 974. The maximum atomic E-state index is 13.5. The molecule has 1 spiro atoms. The zero-order valence-corrected chi connectivity index (χ0v) is 18.7. The SMILES string of the molecule is CCOCCO[C@@H]1CC[C@@]2(C1)NC(=O)C(c1cc(-c3ccc(Cl)cc3)ccc1C)C2=O. The Balaban J connectivity index is 1.54. The number of hydrogen-bond acceptors (Lipinski definition) is 4. The first-order valence-corrected chi connectivity index (χ1v) is 11.2. The van der Waals surface area contributed by atoms with Crippen molar-refractivity contribution < 1.29 is 19.1 Å². The lowest BCUT2D eigenvalue weighted by Crippen LogP contribution is -2.44. The molecule has 4 rings (SSSR count). The third-order valence-corrected chi connectivity index (χ3v) is 6.63. The average molecular weight is 442 g/mol. The lowest BCUT2D eigenvalue weighted by Gasteiger charge is -2.22. The molecular weight excluding hydrogens is 414 g/mol. The molecule has 1 amide bonds. The number of benzene rings is 2. The molecule has 1 saturated carbocycles. The van der Waals surface area contributed by atoms with Crippen LogP contribution in [0.5, 0.6) is 0 Å². The number of halogens is 1. The Morgan fingerprint density at radius 1 is 1.10 bits per heavy atom. The monoisotopic (exact) mass is 441 g/mol. The van der Waals surface area contributed by atoms with Crippen molar-refractivity contribution in [2.75, 3.05) is 19.8 Å². The number of Topliss-reactive ketones (excluding diaryl/α,β-unsaturated/α-hetero) is 1. The first-order valence-electron chi connectivity index (χ1n) is 10.9. The molecule has 5 nitrogen and oxygen atoms in total. The van der Waals surface area contributed by atoms with Crippen LogP contribution < -0.4 is 5.32 Å². The van der Waals surface area contributed by atoms with Gasteiger partial charge in [-0.05, 0) is 67.1 Å². The highest BCUT2D eigenvalue weighted by Gasteiger charge is 2.56. The average Bonchev–Trinajstić information content (AvgIpc) is 3.27. The maximum Gasteiger partial charge on any atom is 0.235 e. The summed E-state index contributed by atoms with van der Waals surface area (Å²) in [7, 11) is 0. The maximum absolute atomic E-state index is 13.5. The van der Waals surface area contributed by atoms with Gasteiger partial charge in [0.2, 0.25) is 5.91 Å². The smallest absolute Gasteiger partial charge is 0.235 e. The summed E-state index contributed by atoms with van der Waals surface area (Å²) < 4.78 is 11.2. The molecule has 2 aromatic carbocycles. The van der Waals surface area contributed by atoms with Gasteiger partial charge >= 0.3 is 0 Å². The van der Waals surface area contributed by atoms with Crippen LogP contribution in [0.4, 0.5) is 0 Å². The molecule has 164 valence electrons. The van der Waals surface area contributed by atoms with Crippen molar-refractivity contribution in [3.05, 3.63) is 58.6 Å².